The predicted molar refractivity (Wildman–Crippen MR) is 75.2 cm³/mol. The van der Waals surface area contributed by atoms with Crippen LogP contribution >= 0.6 is 0 Å². The first-order chi connectivity index (χ1) is 10.3. The molecule has 0 saturated heterocycles. The SMILES string of the molecule is O=C(O)C=Cc1ccc(-c2ccccc2)cc1OC(F)(F)F. The van der Waals surface area contributed by atoms with Gasteiger partial charge in [-0.15, -0.1) is 13.2 Å². The molecule has 2 aromatic rings. The van der Waals surface area contributed by atoms with Gasteiger partial charge in [-0.05, 0) is 23.3 Å². The first-order valence-corrected chi connectivity index (χ1v) is 6.21. The van der Waals surface area contributed by atoms with Crippen LogP contribution in [-0.2, 0) is 4.79 Å². The monoisotopic (exact) mass is 308 g/mol. The topological polar surface area (TPSA) is 46.5 Å². The molecule has 0 saturated carbocycles. The molecule has 0 amide bonds. The Kier molecular flexibility index (Phi) is 4.50. The van der Waals surface area contributed by atoms with Crippen molar-refractivity contribution in [2.45, 2.75) is 6.36 Å². The molecular weight excluding hydrogens is 297 g/mol. The highest BCUT2D eigenvalue weighted by Gasteiger charge is 2.32. The molecule has 0 radical (unpaired) electrons. The second-order valence-electron chi connectivity index (χ2n) is 4.34. The highest BCUT2D eigenvalue weighted by molar-refractivity contribution is 5.86. The lowest BCUT2D eigenvalue weighted by atomic mass is 10.0. The Bertz CT molecular complexity index is 692. The molecule has 3 nitrogen and oxygen atoms in total. The summed E-state index contributed by atoms with van der Waals surface area (Å²) in [6, 6.07) is 13.0. The van der Waals surface area contributed by atoms with Crippen LogP contribution in [0.3, 0.4) is 0 Å². The lowest BCUT2D eigenvalue weighted by molar-refractivity contribution is -0.274. The van der Waals surface area contributed by atoms with Gasteiger partial charge >= 0.3 is 12.3 Å². The van der Waals surface area contributed by atoms with E-state index in [1.807, 2.05) is 0 Å². The van der Waals surface area contributed by atoms with Crippen LogP contribution in [0.5, 0.6) is 5.75 Å². The zero-order valence-electron chi connectivity index (χ0n) is 11.2. The van der Waals surface area contributed by atoms with E-state index in [1.54, 1.807) is 36.4 Å². The minimum atomic E-state index is -4.86. The minimum absolute atomic E-state index is 0.0272. The number of aliphatic carboxylic acids is 1. The molecule has 0 aliphatic rings. The summed E-state index contributed by atoms with van der Waals surface area (Å²) in [5, 5.41) is 8.58. The van der Waals surface area contributed by atoms with Crippen LogP contribution < -0.4 is 4.74 Å². The van der Waals surface area contributed by atoms with Crippen LogP contribution in [0.2, 0.25) is 0 Å². The maximum absolute atomic E-state index is 12.5. The summed E-state index contributed by atoms with van der Waals surface area (Å²) < 4.78 is 41.5. The van der Waals surface area contributed by atoms with Crippen LogP contribution in [0.15, 0.2) is 54.6 Å². The van der Waals surface area contributed by atoms with Crippen molar-refractivity contribution < 1.29 is 27.8 Å². The number of hydrogen-bond donors (Lipinski definition) is 1. The lowest BCUT2D eigenvalue weighted by Gasteiger charge is -2.13. The van der Waals surface area contributed by atoms with Crippen LogP contribution in [0.4, 0.5) is 13.2 Å². The summed E-state index contributed by atoms with van der Waals surface area (Å²) >= 11 is 0. The molecule has 0 aromatic heterocycles. The quantitative estimate of drug-likeness (QED) is 0.854. The van der Waals surface area contributed by atoms with Crippen molar-refractivity contribution in [3.63, 3.8) is 0 Å². The molecule has 0 fully saturated rings. The van der Waals surface area contributed by atoms with Crippen LogP contribution in [0.1, 0.15) is 5.56 Å². The van der Waals surface area contributed by atoms with Crippen molar-refractivity contribution >= 4 is 12.0 Å². The Balaban J connectivity index is 2.45. The van der Waals surface area contributed by atoms with E-state index in [1.165, 1.54) is 12.1 Å². The number of ether oxygens (including phenoxy) is 1. The molecule has 6 heteroatoms. The maximum Gasteiger partial charge on any atom is 0.573 e. The van der Waals surface area contributed by atoms with E-state index in [2.05, 4.69) is 4.74 Å². The van der Waals surface area contributed by atoms with E-state index in [0.29, 0.717) is 5.56 Å². The van der Waals surface area contributed by atoms with Gasteiger partial charge in [0.05, 0.1) is 0 Å². The van der Waals surface area contributed by atoms with Gasteiger partial charge in [-0.2, -0.15) is 0 Å². The number of carbonyl (C=O) groups is 1. The van der Waals surface area contributed by atoms with Crippen LogP contribution in [0, 0.1) is 0 Å². The molecule has 0 spiro atoms. The Morgan fingerprint density at radius 2 is 1.73 bits per heavy atom. The second-order valence-corrected chi connectivity index (χ2v) is 4.34. The van der Waals surface area contributed by atoms with Gasteiger partial charge in [-0.25, -0.2) is 4.79 Å². The van der Waals surface area contributed by atoms with Gasteiger partial charge in [0, 0.05) is 11.6 Å². The van der Waals surface area contributed by atoms with Gasteiger partial charge in [0.2, 0.25) is 0 Å². The van der Waals surface area contributed by atoms with Gasteiger partial charge in [-0.1, -0.05) is 42.5 Å². The molecule has 114 valence electrons. The number of hydrogen-bond acceptors (Lipinski definition) is 2. The third-order valence-electron chi connectivity index (χ3n) is 2.75. The summed E-state index contributed by atoms with van der Waals surface area (Å²) in [4.78, 5) is 10.5. The van der Waals surface area contributed by atoms with Crippen molar-refractivity contribution in [3.05, 3.63) is 60.2 Å². The first-order valence-electron chi connectivity index (χ1n) is 6.21. The Labute approximate surface area is 124 Å². The van der Waals surface area contributed by atoms with Gasteiger partial charge in [0.1, 0.15) is 5.75 Å². The summed E-state index contributed by atoms with van der Waals surface area (Å²) in [5.41, 5.74) is 1.29. The average molecular weight is 308 g/mol. The fourth-order valence-electron chi connectivity index (χ4n) is 1.86. The zero-order chi connectivity index (χ0) is 16.2. The molecule has 0 aliphatic heterocycles. The van der Waals surface area contributed by atoms with Gasteiger partial charge in [0.15, 0.2) is 0 Å². The van der Waals surface area contributed by atoms with E-state index < -0.39 is 18.1 Å². The third kappa shape index (κ3) is 4.37. The maximum atomic E-state index is 12.5. The van der Waals surface area contributed by atoms with Gasteiger partial charge in [0.25, 0.3) is 0 Å². The van der Waals surface area contributed by atoms with E-state index in [9.17, 15) is 18.0 Å². The Morgan fingerprint density at radius 1 is 1.05 bits per heavy atom. The average Bonchev–Trinajstić information content (AvgIpc) is 2.45. The molecule has 0 unspecified atom stereocenters. The number of halogens is 3. The summed E-state index contributed by atoms with van der Waals surface area (Å²) in [7, 11) is 0. The summed E-state index contributed by atoms with van der Waals surface area (Å²) in [6.45, 7) is 0. The van der Waals surface area contributed by atoms with Crippen molar-refractivity contribution in [1.82, 2.24) is 0 Å². The second kappa shape index (κ2) is 6.34. The fraction of sp³-hybridized carbons (Fsp3) is 0.0625. The molecule has 2 rings (SSSR count). The third-order valence-corrected chi connectivity index (χ3v) is 2.75. The van der Waals surface area contributed by atoms with E-state index in [-0.39, 0.29) is 5.56 Å². The molecule has 0 aliphatic carbocycles. The molecule has 22 heavy (non-hydrogen) atoms. The fourth-order valence-corrected chi connectivity index (χ4v) is 1.86. The summed E-state index contributed by atoms with van der Waals surface area (Å²) in [6.07, 6.45) is -3.06. The number of benzene rings is 2. The molecule has 0 bridgehead atoms. The van der Waals surface area contributed by atoms with Crippen LogP contribution in [0.25, 0.3) is 17.2 Å². The molecule has 2 aromatic carbocycles. The molecular formula is C16H11F3O3. The minimum Gasteiger partial charge on any atom is -0.478 e. The molecule has 0 heterocycles. The van der Waals surface area contributed by atoms with E-state index in [4.69, 9.17) is 5.11 Å². The molecule has 0 atom stereocenters. The highest BCUT2D eigenvalue weighted by atomic mass is 19.4. The normalized spacial score (nSPS) is 11.6. The largest absolute Gasteiger partial charge is 0.573 e. The Hall–Kier alpha value is -2.76. The van der Waals surface area contributed by atoms with E-state index in [0.717, 1.165) is 17.7 Å². The van der Waals surface area contributed by atoms with Crippen LogP contribution in [-0.4, -0.2) is 17.4 Å². The summed E-state index contributed by atoms with van der Waals surface area (Å²) in [5.74, 6) is -1.71. The van der Waals surface area contributed by atoms with Crippen molar-refractivity contribution in [2.75, 3.05) is 0 Å². The van der Waals surface area contributed by atoms with Crippen molar-refractivity contribution in [3.8, 4) is 16.9 Å². The first kappa shape index (κ1) is 15.6. The van der Waals surface area contributed by atoms with Gasteiger partial charge in [-0.3, -0.25) is 0 Å². The van der Waals surface area contributed by atoms with Crippen molar-refractivity contribution in [2.24, 2.45) is 0 Å². The lowest BCUT2D eigenvalue weighted by Crippen LogP contribution is -2.17. The number of carboxylic acids is 1. The Morgan fingerprint density at radius 3 is 2.32 bits per heavy atom. The zero-order valence-corrected chi connectivity index (χ0v) is 11.2. The number of alkyl halides is 3. The molecule has 1 N–H and O–H groups in total. The smallest absolute Gasteiger partial charge is 0.478 e. The van der Waals surface area contributed by atoms with E-state index >= 15 is 0 Å². The predicted octanol–water partition coefficient (Wildman–Crippen LogP) is 4.35. The van der Waals surface area contributed by atoms with Gasteiger partial charge < -0.3 is 9.84 Å². The number of rotatable bonds is 4. The standard InChI is InChI=1S/C16H11F3O3/c17-16(18,19)22-14-10-13(11-4-2-1-3-5-11)7-6-12(14)8-9-15(20)21/h1-10H,(H,20,21). The number of carboxylic acid groups (broad SMARTS) is 1. The highest BCUT2D eigenvalue weighted by Crippen LogP contribution is 2.32. The van der Waals surface area contributed by atoms with Crippen molar-refractivity contribution in [1.29, 1.82) is 0 Å².